The molecule has 0 spiro atoms. The fraction of sp³-hybridized carbons (Fsp3) is 0.176. The molecule has 0 saturated heterocycles. The van der Waals surface area contributed by atoms with Gasteiger partial charge in [-0.25, -0.2) is 4.79 Å². The van der Waals surface area contributed by atoms with Crippen LogP contribution in [0, 0.1) is 13.8 Å². The molecule has 2 rings (SSSR count). The lowest BCUT2D eigenvalue weighted by atomic mass is 10.1. The van der Waals surface area contributed by atoms with E-state index in [-0.39, 0.29) is 5.91 Å². The van der Waals surface area contributed by atoms with Crippen molar-refractivity contribution in [3.05, 3.63) is 64.7 Å². The number of nitrogens with one attached hydrogen (secondary N) is 2. The average Bonchev–Trinajstić information content (AvgIpc) is 2.44. The lowest BCUT2D eigenvalue weighted by Gasteiger charge is -2.08. The molecule has 3 amide bonds. The van der Waals surface area contributed by atoms with Gasteiger partial charge < -0.3 is 16.4 Å². The van der Waals surface area contributed by atoms with Crippen LogP contribution in [-0.4, -0.2) is 11.9 Å². The minimum absolute atomic E-state index is 0.167. The number of nitrogens with two attached hydrogens (primary N) is 1. The maximum Gasteiger partial charge on any atom is 0.312 e. The van der Waals surface area contributed by atoms with Gasteiger partial charge in [0.1, 0.15) is 0 Å². The normalized spacial score (nSPS) is 10.1. The number of primary amides is 1. The van der Waals surface area contributed by atoms with Gasteiger partial charge >= 0.3 is 6.03 Å². The highest BCUT2D eigenvalue weighted by atomic mass is 16.2. The third-order valence-electron chi connectivity index (χ3n) is 3.16. The predicted molar refractivity (Wildman–Crippen MR) is 86.7 cm³/mol. The lowest BCUT2D eigenvalue weighted by Crippen LogP contribution is -2.28. The summed E-state index contributed by atoms with van der Waals surface area (Å²) in [5.74, 6) is -0.167. The summed E-state index contributed by atoms with van der Waals surface area (Å²) in [7, 11) is 0. The fourth-order valence-electron chi connectivity index (χ4n) is 2.21. The van der Waals surface area contributed by atoms with Crippen LogP contribution in [0.4, 0.5) is 10.5 Å². The van der Waals surface area contributed by atoms with Crippen molar-refractivity contribution in [1.82, 2.24) is 5.32 Å². The van der Waals surface area contributed by atoms with Crippen LogP contribution in [0.25, 0.3) is 0 Å². The minimum atomic E-state index is -0.573. The maximum absolute atomic E-state index is 12.2. The molecule has 4 N–H and O–H groups in total. The number of rotatable bonds is 4. The number of hydrogen-bond acceptors (Lipinski definition) is 2. The maximum atomic E-state index is 12.2. The lowest BCUT2D eigenvalue weighted by molar-refractivity contribution is 0.102. The van der Waals surface area contributed by atoms with E-state index in [0.29, 0.717) is 12.1 Å². The second-order valence-corrected chi connectivity index (χ2v) is 5.25. The summed E-state index contributed by atoms with van der Waals surface area (Å²) in [4.78, 5) is 22.9. The van der Waals surface area contributed by atoms with Crippen LogP contribution in [0.15, 0.2) is 42.5 Å². The molecule has 2 aromatic rings. The Hall–Kier alpha value is -2.82. The third-order valence-corrected chi connectivity index (χ3v) is 3.16. The first-order chi connectivity index (χ1) is 10.4. The number of aryl methyl sites for hydroxylation is 2. The van der Waals surface area contributed by atoms with Gasteiger partial charge in [0.05, 0.1) is 0 Å². The summed E-state index contributed by atoms with van der Waals surface area (Å²) in [5.41, 5.74) is 9.43. The Bertz CT molecular complexity index is 673. The molecule has 22 heavy (non-hydrogen) atoms. The molecule has 0 heterocycles. The summed E-state index contributed by atoms with van der Waals surface area (Å²) in [6.45, 7) is 4.32. The van der Waals surface area contributed by atoms with Gasteiger partial charge in [0, 0.05) is 17.8 Å². The monoisotopic (exact) mass is 297 g/mol. The van der Waals surface area contributed by atoms with E-state index < -0.39 is 6.03 Å². The molecule has 2 aromatic carbocycles. The van der Waals surface area contributed by atoms with E-state index in [0.717, 1.165) is 22.4 Å². The number of benzene rings is 2. The molecule has 0 aliphatic heterocycles. The number of anilines is 1. The number of hydrogen-bond donors (Lipinski definition) is 3. The molecule has 0 atom stereocenters. The van der Waals surface area contributed by atoms with Crippen LogP contribution in [-0.2, 0) is 6.54 Å². The molecule has 0 aromatic heterocycles. The average molecular weight is 297 g/mol. The number of urea groups is 1. The molecular weight excluding hydrogens is 278 g/mol. The van der Waals surface area contributed by atoms with Crippen molar-refractivity contribution >= 4 is 17.6 Å². The summed E-state index contributed by atoms with van der Waals surface area (Å²) >= 11 is 0. The molecule has 0 aliphatic carbocycles. The van der Waals surface area contributed by atoms with E-state index in [4.69, 9.17) is 5.73 Å². The first-order valence-electron chi connectivity index (χ1n) is 6.96. The zero-order valence-electron chi connectivity index (χ0n) is 12.6. The van der Waals surface area contributed by atoms with Crippen molar-refractivity contribution in [2.75, 3.05) is 5.32 Å². The molecule has 0 unspecified atom stereocenters. The Balaban J connectivity index is 2.04. The van der Waals surface area contributed by atoms with Gasteiger partial charge in [-0.1, -0.05) is 18.2 Å². The fourth-order valence-corrected chi connectivity index (χ4v) is 2.21. The summed E-state index contributed by atoms with van der Waals surface area (Å²) in [6, 6.07) is 12.3. The van der Waals surface area contributed by atoms with Crippen molar-refractivity contribution in [3.8, 4) is 0 Å². The van der Waals surface area contributed by atoms with Crippen LogP contribution in [0.5, 0.6) is 0 Å². The van der Waals surface area contributed by atoms with E-state index in [9.17, 15) is 9.59 Å². The Morgan fingerprint density at radius 1 is 1.00 bits per heavy atom. The SMILES string of the molecule is Cc1cc(C)cc(NC(=O)c2ccc(CNC(N)=O)cc2)c1. The molecule has 114 valence electrons. The Kier molecular flexibility index (Phi) is 4.78. The Labute approximate surface area is 129 Å². The molecule has 0 fully saturated rings. The molecule has 5 nitrogen and oxygen atoms in total. The topological polar surface area (TPSA) is 84.2 Å². The van der Waals surface area contributed by atoms with Crippen LogP contribution >= 0.6 is 0 Å². The second-order valence-electron chi connectivity index (χ2n) is 5.25. The van der Waals surface area contributed by atoms with Crippen LogP contribution < -0.4 is 16.4 Å². The zero-order chi connectivity index (χ0) is 16.1. The Morgan fingerprint density at radius 2 is 1.59 bits per heavy atom. The van der Waals surface area contributed by atoms with Gasteiger partial charge in [-0.15, -0.1) is 0 Å². The highest BCUT2D eigenvalue weighted by Gasteiger charge is 2.07. The minimum Gasteiger partial charge on any atom is -0.352 e. The van der Waals surface area contributed by atoms with Gasteiger partial charge in [0.2, 0.25) is 0 Å². The van der Waals surface area contributed by atoms with E-state index in [1.54, 1.807) is 24.3 Å². The van der Waals surface area contributed by atoms with Gasteiger partial charge in [-0.2, -0.15) is 0 Å². The zero-order valence-corrected chi connectivity index (χ0v) is 12.6. The smallest absolute Gasteiger partial charge is 0.312 e. The van der Waals surface area contributed by atoms with E-state index in [1.807, 2.05) is 26.0 Å². The van der Waals surface area contributed by atoms with Crippen molar-refractivity contribution < 1.29 is 9.59 Å². The summed E-state index contributed by atoms with van der Waals surface area (Å²) in [5, 5.41) is 5.38. The van der Waals surface area contributed by atoms with Crippen LogP contribution in [0.2, 0.25) is 0 Å². The Morgan fingerprint density at radius 3 is 2.14 bits per heavy atom. The first-order valence-corrected chi connectivity index (χ1v) is 6.96. The molecular formula is C17H19N3O2. The van der Waals surface area contributed by atoms with Gasteiger partial charge in [-0.3, -0.25) is 4.79 Å². The standard InChI is InChI=1S/C17H19N3O2/c1-11-7-12(2)9-15(8-11)20-16(21)14-5-3-13(4-6-14)10-19-17(18)22/h3-9H,10H2,1-2H3,(H,20,21)(H3,18,19,22). The molecule has 0 bridgehead atoms. The van der Waals surface area contributed by atoms with Gasteiger partial charge in [0.15, 0.2) is 0 Å². The highest BCUT2D eigenvalue weighted by Crippen LogP contribution is 2.15. The van der Waals surface area contributed by atoms with E-state index >= 15 is 0 Å². The van der Waals surface area contributed by atoms with Crippen molar-refractivity contribution in [1.29, 1.82) is 0 Å². The molecule has 0 radical (unpaired) electrons. The molecule has 5 heteroatoms. The predicted octanol–water partition coefficient (Wildman–Crippen LogP) is 2.72. The van der Waals surface area contributed by atoms with Gasteiger partial charge in [0.25, 0.3) is 5.91 Å². The van der Waals surface area contributed by atoms with Gasteiger partial charge in [-0.05, 0) is 54.8 Å². The highest BCUT2D eigenvalue weighted by molar-refractivity contribution is 6.04. The van der Waals surface area contributed by atoms with E-state index in [1.165, 1.54) is 0 Å². The number of carbonyl (C=O) groups excluding carboxylic acids is 2. The van der Waals surface area contributed by atoms with Crippen molar-refractivity contribution in [3.63, 3.8) is 0 Å². The van der Waals surface area contributed by atoms with Crippen molar-refractivity contribution in [2.45, 2.75) is 20.4 Å². The first kappa shape index (κ1) is 15.6. The quantitative estimate of drug-likeness (QED) is 0.810. The number of carbonyl (C=O) groups is 2. The molecule has 0 aliphatic rings. The second kappa shape index (κ2) is 6.76. The van der Waals surface area contributed by atoms with Crippen molar-refractivity contribution in [2.24, 2.45) is 5.73 Å². The molecule has 0 saturated carbocycles. The third kappa shape index (κ3) is 4.34. The van der Waals surface area contributed by atoms with Crippen LogP contribution in [0.1, 0.15) is 27.0 Å². The summed E-state index contributed by atoms with van der Waals surface area (Å²) in [6.07, 6.45) is 0. The summed E-state index contributed by atoms with van der Waals surface area (Å²) < 4.78 is 0. The number of amides is 3. The largest absolute Gasteiger partial charge is 0.352 e. The van der Waals surface area contributed by atoms with Crippen LogP contribution in [0.3, 0.4) is 0 Å². The van der Waals surface area contributed by atoms with E-state index in [2.05, 4.69) is 16.7 Å².